The maximum Gasteiger partial charge on any atom is 0.410 e. The highest BCUT2D eigenvalue weighted by molar-refractivity contribution is 7.89. The number of pyridine rings is 1. The lowest BCUT2D eigenvalue weighted by Crippen LogP contribution is -2.63. The first kappa shape index (κ1) is 29.3. The van der Waals surface area contributed by atoms with Crippen LogP contribution in [-0.2, 0) is 24.3 Å². The fourth-order valence-corrected chi connectivity index (χ4v) is 5.19. The molecule has 0 bridgehead atoms. The standard InChI is InChI=1S/C23H36N4O8S/c1-15(2)10-18(25(6)22(31)35-23(3,4)5)20(28)27-9-8-26(14-19(27)21(29)30)36(32,33)17-11-16(34-7)12-24-13-17/h11-13,15,18-19H,8-10,14H2,1-7H3,(H,29,30)/t18-,19+/m0/s1. The number of aliphatic carboxylic acids is 1. The molecule has 202 valence electrons. The number of ether oxygens (including phenoxy) is 2. The van der Waals surface area contributed by atoms with E-state index in [1.807, 2.05) is 13.8 Å². The number of carboxylic acid groups (broad SMARTS) is 1. The molecule has 1 saturated heterocycles. The van der Waals surface area contributed by atoms with Gasteiger partial charge in [-0.05, 0) is 33.1 Å². The summed E-state index contributed by atoms with van der Waals surface area (Å²) in [7, 11) is -1.28. The summed E-state index contributed by atoms with van der Waals surface area (Å²) in [5.74, 6) is -1.68. The number of nitrogens with zero attached hydrogens (tertiary/aromatic N) is 4. The molecule has 0 aromatic carbocycles. The Bertz CT molecular complexity index is 1070. The van der Waals surface area contributed by atoms with Crippen molar-refractivity contribution in [2.75, 3.05) is 33.8 Å². The van der Waals surface area contributed by atoms with E-state index in [2.05, 4.69) is 4.98 Å². The number of rotatable bonds is 8. The zero-order valence-corrected chi connectivity index (χ0v) is 22.6. The number of hydrogen-bond donors (Lipinski definition) is 1. The Kier molecular flexibility index (Phi) is 9.29. The Hall–Kier alpha value is -2.93. The van der Waals surface area contributed by atoms with Crippen molar-refractivity contribution >= 4 is 28.0 Å². The third-order valence-electron chi connectivity index (χ3n) is 5.60. The summed E-state index contributed by atoms with van der Waals surface area (Å²) < 4.78 is 37.8. The summed E-state index contributed by atoms with van der Waals surface area (Å²) in [6.07, 6.45) is 2.07. The second-order valence-corrected chi connectivity index (χ2v) is 12.0. The van der Waals surface area contributed by atoms with Crippen molar-refractivity contribution in [3.05, 3.63) is 18.5 Å². The number of carboxylic acids is 1. The lowest BCUT2D eigenvalue weighted by atomic mass is 10.00. The number of amides is 2. The highest BCUT2D eigenvalue weighted by Crippen LogP contribution is 2.25. The van der Waals surface area contributed by atoms with E-state index in [-0.39, 0.29) is 36.1 Å². The van der Waals surface area contributed by atoms with E-state index < -0.39 is 52.2 Å². The summed E-state index contributed by atoms with van der Waals surface area (Å²) in [5.41, 5.74) is -0.782. The fraction of sp³-hybridized carbons (Fsp3) is 0.652. The molecule has 2 heterocycles. The van der Waals surface area contributed by atoms with Gasteiger partial charge in [-0.1, -0.05) is 13.8 Å². The van der Waals surface area contributed by atoms with E-state index in [0.717, 1.165) is 15.4 Å². The van der Waals surface area contributed by atoms with Crippen molar-refractivity contribution in [2.45, 2.75) is 63.6 Å². The lowest BCUT2D eigenvalue weighted by Gasteiger charge is -2.41. The Morgan fingerprint density at radius 3 is 2.39 bits per heavy atom. The van der Waals surface area contributed by atoms with Crippen LogP contribution >= 0.6 is 0 Å². The first-order valence-corrected chi connectivity index (χ1v) is 13.0. The highest BCUT2D eigenvalue weighted by Gasteiger charge is 2.43. The Morgan fingerprint density at radius 1 is 1.22 bits per heavy atom. The summed E-state index contributed by atoms with van der Waals surface area (Å²) in [4.78, 5) is 44.5. The molecule has 0 saturated carbocycles. The van der Waals surface area contributed by atoms with Gasteiger partial charge in [0, 0.05) is 38.9 Å². The maximum absolute atomic E-state index is 13.6. The molecule has 0 radical (unpaired) electrons. The minimum atomic E-state index is -4.09. The van der Waals surface area contributed by atoms with Crippen LogP contribution < -0.4 is 4.74 Å². The highest BCUT2D eigenvalue weighted by atomic mass is 32.2. The minimum absolute atomic E-state index is 0.00865. The topological polar surface area (TPSA) is 147 Å². The quantitative estimate of drug-likeness (QED) is 0.532. The molecule has 12 nitrogen and oxygen atoms in total. The molecular weight excluding hydrogens is 492 g/mol. The van der Waals surface area contributed by atoms with Gasteiger partial charge < -0.3 is 19.5 Å². The van der Waals surface area contributed by atoms with Gasteiger partial charge in [0.25, 0.3) is 0 Å². The van der Waals surface area contributed by atoms with Gasteiger partial charge in [-0.25, -0.2) is 18.0 Å². The van der Waals surface area contributed by atoms with Crippen molar-refractivity contribution in [3.8, 4) is 5.75 Å². The third kappa shape index (κ3) is 7.06. The Balaban J connectivity index is 2.32. The van der Waals surface area contributed by atoms with Crippen LogP contribution in [0.3, 0.4) is 0 Å². The van der Waals surface area contributed by atoms with Gasteiger partial charge in [0.05, 0.1) is 13.3 Å². The molecule has 2 amide bonds. The van der Waals surface area contributed by atoms with Crippen molar-refractivity contribution in [3.63, 3.8) is 0 Å². The number of likely N-dealkylation sites (N-methyl/N-ethyl adjacent to an activating group) is 1. The maximum atomic E-state index is 13.6. The molecule has 1 aliphatic heterocycles. The van der Waals surface area contributed by atoms with Gasteiger partial charge in [0.2, 0.25) is 15.9 Å². The van der Waals surface area contributed by atoms with Crippen molar-refractivity contribution in [1.29, 1.82) is 0 Å². The van der Waals surface area contributed by atoms with E-state index in [1.54, 1.807) is 20.8 Å². The molecule has 2 atom stereocenters. The fourth-order valence-electron chi connectivity index (χ4n) is 3.78. The molecular formula is C23H36N4O8S. The summed E-state index contributed by atoms with van der Waals surface area (Å²) >= 11 is 0. The van der Waals surface area contributed by atoms with Gasteiger partial charge in [-0.15, -0.1) is 0 Å². The van der Waals surface area contributed by atoms with Crippen LogP contribution in [0.25, 0.3) is 0 Å². The third-order valence-corrected chi connectivity index (χ3v) is 7.43. The van der Waals surface area contributed by atoms with Crippen LogP contribution in [0.2, 0.25) is 0 Å². The number of carbonyl (C=O) groups excluding carboxylic acids is 2. The molecule has 36 heavy (non-hydrogen) atoms. The predicted molar refractivity (Wildman–Crippen MR) is 130 cm³/mol. The number of carbonyl (C=O) groups is 3. The molecule has 13 heteroatoms. The monoisotopic (exact) mass is 528 g/mol. The van der Waals surface area contributed by atoms with E-state index in [9.17, 15) is 27.9 Å². The van der Waals surface area contributed by atoms with Crippen molar-refractivity contribution < 1.29 is 37.4 Å². The van der Waals surface area contributed by atoms with Crippen molar-refractivity contribution in [2.24, 2.45) is 5.92 Å². The molecule has 1 aromatic rings. The first-order valence-electron chi connectivity index (χ1n) is 11.6. The van der Waals surface area contributed by atoms with Crippen LogP contribution in [0, 0.1) is 5.92 Å². The van der Waals surface area contributed by atoms with Gasteiger partial charge in [0.15, 0.2) is 0 Å². The largest absolute Gasteiger partial charge is 0.495 e. The molecule has 0 unspecified atom stereocenters. The smallest absolute Gasteiger partial charge is 0.410 e. The number of methoxy groups -OCH3 is 1. The first-order chi connectivity index (χ1) is 16.6. The van der Waals surface area contributed by atoms with E-state index in [0.29, 0.717) is 0 Å². The minimum Gasteiger partial charge on any atom is -0.495 e. The van der Waals surface area contributed by atoms with Gasteiger partial charge in [0.1, 0.15) is 28.3 Å². The number of piperazine rings is 1. The SMILES string of the molecule is COc1cncc(S(=O)(=O)N2CCN(C(=O)[C@H](CC(C)C)N(C)C(=O)OC(C)(C)C)[C@@H](C(=O)O)C2)c1. The van der Waals surface area contributed by atoms with Crippen LogP contribution in [0.15, 0.2) is 23.4 Å². The van der Waals surface area contributed by atoms with Crippen LogP contribution in [-0.4, -0.2) is 102 Å². The molecule has 2 rings (SSSR count). The number of aromatic nitrogens is 1. The van der Waals surface area contributed by atoms with Crippen LogP contribution in [0.5, 0.6) is 5.75 Å². The van der Waals surface area contributed by atoms with E-state index in [1.165, 1.54) is 31.3 Å². The summed E-state index contributed by atoms with van der Waals surface area (Å²) in [6, 6.07) is -1.13. The van der Waals surface area contributed by atoms with Gasteiger partial charge >= 0.3 is 12.1 Å². The van der Waals surface area contributed by atoms with Crippen molar-refractivity contribution in [1.82, 2.24) is 19.1 Å². The molecule has 1 aliphatic rings. The number of hydrogen-bond acceptors (Lipinski definition) is 8. The van der Waals surface area contributed by atoms with E-state index in [4.69, 9.17) is 9.47 Å². The molecule has 1 aromatic heterocycles. The molecule has 0 spiro atoms. The Morgan fingerprint density at radius 2 is 1.86 bits per heavy atom. The van der Waals surface area contributed by atoms with Gasteiger partial charge in [-0.2, -0.15) is 4.31 Å². The molecule has 1 fully saturated rings. The zero-order chi connectivity index (χ0) is 27.4. The van der Waals surface area contributed by atoms with Crippen LogP contribution in [0.1, 0.15) is 41.0 Å². The normalized spacial score (nSPS) is 18.0. The average Bonchev–Trinajstić information content (AvgIpc) is 2.80. The summed E-state index contributed by atoms with van der Waals surface area (Å²) in [6.45, 7) is 8.13. The van der Waals surface area contributed by atoms with Gasteiger partial charge in [-0.3, -0.25) is 14.7 Å². The zero-order valence-electron chi connectivity index (χ0n) is 21.8. The average molecular weight is 529 g/mol. The van der Waals surface area contributed by atoms with Crippen LogP contribution in [0.4, 0.5) is 4.79 Å². The van der Waals surface area contributed by atoms with E-state index >= 15 is 0 Å². The number of sulfonamides is 1. The molecule has 1 N–H and O–H groups in total. The summed E-state index contributed by atoms with van der Waals surface area (Å²) in [5, 5.41) is 9.91. The second-order valence-electron chi connectivity index (χ2n) is 10.0. The predicted octanol–water partition coefficient (Wildman–Crippen LogP) is 1.66. The lowest BCUT2D eigenvalue weighted by molar-refractivity contribution is -0.155. The molecule has 0 aliphatic carbocycles. The Labute approximate surface area is 212 Å². The second kappa shape index (κ2) is 11.4.